The van der Waals surface area contributed by atoms with Crippen molar-refractivity contribution in [1.29, 1.82) is 0 Å². The van der Waals surface area contributed by atoms with Crippen molar-refractivity contribution in [2.75, 3.05) is 32.8 Å². The Morgan fingerprint density at radius 1 is 1.28 bits per heavy atom. The molecule has 2 N–H and O–H groups in total. The number of amides is 2. The Labute approximate surface area is 147 Å². The van der Waals surface area contributed by atoms with Crippen molar-refractivity contribution in [3.63, 3.8) is 0 Å². The van der Waals surface area contributed by atoms with Gasteiger partial charge in [-0.2, -0.15) is 0 Å². The van der Waals surface area contributed by atoms with E-state index in [4.69, 9.17) is 4.74 Å². The molecule has 0 aliphatic carbocycles. The first-order valence-corrected chi connectivity index (χ1v) is 8.75. The number of hydrogen-bond donors (Lipinski definition) is 2. The Morgan fingerprint density at radius 2 is 2.08 bits per heavy atom. The van der Waals surface area contributed by atoms with E-state index in [0.29, 0.717) is 18.9 Å². The monoisotopic (exact) mass is 346 g/mol. The minimum absolute atomic E-state index is 0.0668. The molecule has 3 rings (SSSR count). The van der Waals surface area contributed by atoms with Crippen LogP contribution in [-0.4, -0.2) is 63.9 Å². The first kappa shape index (κ1) is 17.6. The van der Waals surface area contributed by atoms with Crippen LogP contribution in [0.25, 0.3) is 5.65 Å². The van der Waals surface area contributed by atoms with Crippen LogP contribution in [-0.2, 0) is 11.3 Å². The zero-order valence-electron chi connectivity index (χ0n) is 14.9. The van der Waals surface area contributed by atoms with Crippen LogP contribution in [0.2, 0.25) is 0 Å². The van der Waals surface area contributed by atoms with Gasteiger partial charge in [-0.25, -0.2) is 4.79 Å². The van der Waals surface area contributed by atoms with Crippen molar-refractivity contribution < 1.29 is 9.53 Å². The van der Waals surface area contributed by atoms with Gasteiger partial charge in [0.15, 0.2) is 11.5 Å². The van der Waals surface area contributed by atoms with Crippen LogP contribution in [0.5, 0.6) is 0 Å². The average Bonchev–Trinajstić information content (AvgIpc) is 3.08. The van der Waals surface area contributed by atoms with Crippen molar-refractivity contribution >= 4 is 11.7 Å². The Kier molecular flexibility index (Phi) is 5.50. The first-order chi connectivity index (χ1) is 12.1. The summed E-state index contributed by atoms with van der Waals surface area (Å²) < 4.78 is 7.29. The molecule has 1 atom stereocenters. The molecule has 2 aromatic heterocycles. The number of carbonyl (C=O) groups is 1. The van der Waals surface area contributed by atoms with Crippen LogP contribution in [0.1, 0.15) is 26.1 Å². The third-order valence-corrected chi connectivity index (χ3v) is 4.96. The third kappa shape index (κ3) is 4.08. The van der Waals surface area contributed by atoms with E-state index in [2.05, 4.69) is 39.6 Å². The van der Waals surface area contributed by atoms with E-state index in [1.807, 2.05) is 28.8 Å². The quantitative estimate of drug-likeness (QED) is 0.816. The van der Waals surface area contributed by atoms with E-state index in [0.717, 1.165) is 38.4 Å². The van der Waals surface area contributed by atoms with E-state index >= 15 is 0 Å². The molecule has 1 unspecified atom stereocenters. The SMILES string of the molecule is CCC(C)(CNC(=O)NCc1nnc2ccccn12)N1CCOCC1. The van der Waals surface area contributed by atoms with Gasteiger partial charge in [-0.1, -0.05) is 13.0 Å². The smallest absolute Gasteiger partial charge is 0.315 e. The fourth-order valence-electron chi connectivity index (χ4n) is 3.07. The molecule has 2 amide bonds. The number of pyridine rings is 1. The Bertz CT molecular complexity index is 712. The predicted octanol–water partition coefficient (Wildman–Crippen LogP) is 1.03. The molecule has 3 heterocycles. The van der Waals surface area contributed by atoms with Crippen molar-refractivity contribution in [1.82, 2.24) is 30.1 Å². The molecule has 2 aromatic rings. The van der Waals surface area contributed by atoms with E-state index < -0.39 is 0 Å². The number of carbonyl (C=O) groups excluding carboxylic acids is 1. The highest BCUT2D eigenvalue weighted by molar-refractivity contribution is 5.73. The maximum atomic E-state index is 12.2. The number of rotatable bonds is 6. The summed E-state index contributed by atoms with van der Waals surface area (Å²) in [5.41, 5.74) is 0.702. The summed E-state index contributed by atoms with van der Waals surface area (Å²) >= 11 is 0. The number of ether oxygens (including phenoxy) is 1. The summed E-state index contributed by atoms with van der Waals surface area (Å²) in [7, 11) is 0. The normalized spacial score (nSPS) is 18.0. The van der Waals surface area contributed by atoms with Gasteiger partial charge in [-0.05, 0) is 25.5 Å². The van der Waals surface area contributed by atoms with Gasteiger partial charge in [0.05, 0.1) is 19.8 Å². The van der Waals surface area contributed by atoms with Crippen molar-refractivity contribution in [3.8, 4) is 0 Å². The Balaban J connectivity index is 1.51. The van der Waals surface area contributed by atoms with E-state index in [-0.39, 0.29) is 11.6 Å². The molecule has 8 heteroatoms. The van der Waals surface area contributed by atoms with E-state index in [9.17, 15) is 4.79 Å². The zero-order valence-corrected chi connectivity index (χ0v) is 14.9. The summed E-state index contributed by atoms with van der Waals surface area (Å²) in [6, 6.07) is 5.51. The van der Waals surface area contributed by atoms with Gasteiger partial charge in [0.2, 0.25) is 0 Å². The average molecular weight is 346 g/mol. The molecule has 1 saturated heterocycles. The van der Waals surface area contributed by atoms with Crippen molar-refractivity contribution in [2.24, 2.45) is 0 Å². The lowest BCUT2D eigenvalue weighted by Gasteiger charge is -2.43. The summed E-state index contributed by atoms with van der Waals surface area (Å²) in [5, 5.41) is 14.0. The zero-order chi connectivity index (χ0) is 17.7. The highest BCUT2D eigenvalue weighted by atomic mass is 16.5. The molecular formula is C17H26N6O2. The molecule has 136 valence electrons. The van der Waals surface area contributed by atoms with Gasteiger partial charge in [-0.3, -0.25) is 9.30 Å². The lowest BCUT2D eigenvalue weighted by molar-refractivity contribution is -0.0165. The molecule has 8 nitrogen and oxygen atoms in total. The van der Waals surface area contributed by atoms with Crippen LogP contribution in [0.3, 0.4) is 0 Å². The molecule has 1 aliphatic rings. The molecule has 0 bridgehead atoms. The minimum Gasteiger partial charge on any atom is -0.379 e. The molecule has 0 saturated carbocycles. The highest BCUT2D eigenvalue weighted by Crippen LogP contribution is 2.19. The molecule has 0 spiro atoms. The summed E-state index contributed by atoms with van der Waals surface area (Å²) in [4.78, 5) is 14.6. The molecule has 1 aliphatic heterocycles. The maximum Gasteiger partial charge on any atom is 0.315 e. The van der Waals surface area contributed by atoms with Gasteiger partial charge in [-0.15, -0.1) is 10.2 Å². The standard InChI is InChI=1S/C17H26N6O2/c1-3-17(2,22-8-10-25-11-9-22)13-19-16(24)18-12-15-21-20-14-6-4-5-7-23(14)15/h4-7H,3,8-13H2,1-2H3,(H2,18,19,24). The van der Waals surface area contributed by atoms with Gasteiger partial charge in [0.1, 0.15) is 0 Å². The second-order valence-electron chi connectivity index (χ2n) is 6.53. The summed E-state index contributed by atoms with van der Waals surface area (Å²) in [5.74, 6) is 0.706. The summed E-state index contributed by atoms with van der Waals surface area (Å²) in [6.45, 7) is 8.57. The minimum atomic E-state index is -0.194. The second kappa shape index (κ2) is 7.79. The Hall–Kier alpha value is -2.19. The second-order valence-corrected chi connectivity index (χ2v) is 6.53. The van der Waals surface area contributed by atoms with Crippen molar-refractivity contribution in [2.45, 2.75) is 32.4 Å². The molecular weight excluding hydrogens is 320 g/mol. The number of fused-ring (bicyclic) bond motifs is 1. The lowest BCUT2D eigenvalue weighted by Crippen LogP contribution is -2.57. The Morgan fingerprint density at radius 3 is 2.84 bits per heavy atom. The molecule has 1 fully saturated rings. The maximum absolute atomic E-state index is 12.2. The largest absolute Gasteiger partial charge is 0.379 e. The number of hydrogen-bond acceptors (Lipinski definition) is 5. The van der Waals surface area contributed by atoms with Crippen LogP contribution >= 0.6 is 0 Å². The van der Waals surface area contributed by atoms with E-state index in [1.165, 1.54) is 0 Å². The van der Waals surface area contributed by atoms with Gasteiger partial charge in [0, 0.05) is 31.4 Å². The van der Waals surface area contributed by atoms with Crippen LogP contribution in [0.15, 0.2) is 24.4 Å². The number of nitrogens with one attached hydrogen (secondary N) is 2. The fraction of sp³-hybridized carbons (Fsp3) is 0.588. The highest BCUT2D eigenvalue weighted by Gasteiger charge is 2.31. The predicted molar refractivity (Wildman–Crippen MR) is 94.3 cm³/mol. The van der Waals surface area contributed by atoms with Gasteiger partial charge < -0.3 is 15.4 Å². The van der Waals surface area contributed by atoms with Crippen LogP contribution < -0.4 is 10.6 Å². The van der Waals surface area contributed by atoms with Gasteiger partial charge >= 0.3 is 6.03 Å². The van der Waals surface area contributed by atoms with Crippen LogP contribution in [0.4, 0.5) is 4.79 Å². The summed E-state index contributed by atoms with van der Waals surface area (Å²) in [6.07, 6.45) is 2.85. The number of nitrogens with zero attached hydrogens (tertiary/aromatic N) is 4. The van der Waals surface area contributed by atoms with Crippen LogP contribution in [0, 0.1) is 0 Å². The lowest BCUT2D eigenvalue weighted by atomic mass is 9.95. The third-order valence-electron chi connectivity index (χ3n) is 4.96. The molecule has 25 heavy (non-hydrogen) atoms. The topological polar surface area (TPSA) is 83.8 Å². The molecule has 0 aromatic carbocycles. The fourth-order valence-corrected chi connectivity index (χ4v) is 3.07. The van der Waals surface area contributed by atoms with Crippen molar-refractivity contribution in [3.05, 3.63) is 30.2 Å². The number of urea groups is 1. The number of aromatic nitrogens is 3. The first-order valence-electron chi connectivity index (χ1n) is 8.75. The number of morpholine rings is 1. The molecule has 0 radical (unpaired) electrons. The van der Waals surface area contributed by atoms with E-state index in [1.54, 1.807) is 0 Å². The van der Waals surface area contributed by atoms with Gasteiger partial charge in [0.25, 0.3) is 0 Å².